The molecule has 0 spiro atoms. The van der Waals surface area contributed by atoms with Crippen LogP contribution in [0.15, 0.2) is 27.8 Å². The van der Waals surface area contributed by atoms with Crippen molar-refractivity contribution in [3.63, 3.8) is 0 Å². The van der Waals surface area contributed by atoms with Crippen LogP contribution in [0.5, 0.6) is 0 Å². The average Bonchev–Trinajstić information content (AvgIpc) is 2.39. The van der Waals surface area contributed by atoms with Gasteiger partial charge >= 0.3 is 5.97 Å². The summed E-state index contributed by atoms with van der Waals surface area (Å²) in [6, 6.07) is 1.46. The highest BCUT2D eigenvalue weighted by Gasteiger charge is 2.33. The molecule has 1 aromatic heterocycles. The molecule has 0 aromatic carbocycles. The van der Waals surface area contributed by atoms with Crippen molar-refractivity contribution in [2.24, 2.45) is 5.92 Å². The maximum Gasteiger partial charge on any atom is 0.307 e. The molecule has 1 atom stereocenters. The van der Waals surface area contributed by atoms with Gasteiger partial charge in [0.2, 0.25) is 10.0 Å². The van der Waals surface area contributed by atoms with Gasteiger partial charge in [0.1, 0.15) is 4.90 Å². The fourth-order valence-electron chi connectivity index (χ4n) is 2.04. The Labute approximate surface area is 119 Å². The van der Waals surface area contributed by atoms with Crippen molar-refractivity contribution in [2.45, 2.75) is 17.7 Å². The van der Waals surface area contributed by atoms with E-state index in [4.69, 9.17) is 5.11 Å². The van der Waals surface area contributed by atoms with Gasteiger partial charge in [-0.25, -0.2) is 8.42 Å². The second-order valence-electron chi connectivity index (χ2n) is 4.38. The monoisotopic (exact) mass is 348 g/mol. The summed E-state index contributed by atoms with van der Waals surface area (Å²) in [5.41, 5.74) is 0. The zero-order valence-electron chi connectivity index (χ0n) is 9.99. The molecule has 0 bridgehead atoms. The average molecular weight is 349 g/mol. The van der Waals surface area contributed by atoms with Crippen molar-refractivity contribution < 1.29 is 18.3 Å². The first-order valence-electron chi connectivity index (χ1n) is 5.75. The Morgan fingerprint density at radius 2 is 2.21 bits per heavy atom. The van der Waals surface area contributed by atoms with Gasteiger partial charge in [0.15, 0.2) is 0 Å². The van der Waals surface area contributed by atoms with Crippen LogP contribution >= 0.6 is 15.9 Å². The fraction of sp³-hybridized carbons (Fsp3) is 0.455. The second kappa shape index (κ2) is 5.56. The van der Waals surface area contributed by atoms with Crippen LogP contribution in [0.3, 0.4) is 0 Å². The van der Waals surface area contributed by atoms with E-state index in [0.717, 1.165) is 0 Å². The number of piperidine rings is 1. The Morgan fingerprint density at radius 3 is 2.84 bits per heavy atom. The highest BCUT2D eigenvalue weighted by Crippen LogP contribution is 2.24. The van der Waals surface area contributed by atoms with Gasteiger partial charge in [-0.15, -0.1) is 0 Å². The maximum atomic E-state index is 12.4. The summed E-state index contributed by atoms with van der Waals surface area (Å²) in [5.74, 6) is -1.59. The molecule has 2 heterocycles. The number of nitrogens with zero attached hydrogens (tertiary/aromatic N) is 2. The Balaban J connectivity index is 2.27. The van der Waals surface area contributed by atoms with Crippen molar-refractivity contribution in [1.82, 2.24) is 9.29 Å². The number of aromatic nitrogens is 1. The Kier molecular flexibility index (Phi) is 4.22. The lowest BCUT2D eigenvalue weighted by atomic mass is 10.0. The first-order valence-corrected chi connectivity index (χ1v) is 7.98. The Morgan fingerprint density at radius 1 is 1.47 bits per heavy atom. The quantitative estimate of drug-likeness (QED) is 0.890. The summed E-state index contributed by atoms with van der Waals surface area (Å²) >= 11 is 3.17. The van der Waals surface area contributed by atoms with E-state index in [1.54, 1.807) is 0 Å². The van der Waals surface area contributed by atoms with Crippen molar-refractivity contribution in [2.75, 3.05) is 13.1 Å². The third kappa shape index (κ3) is 3.13. The number of hydrogen-bond donors (Lipinski definition) is 1. The molecule has 19 heavy (non-hydrogen) atoms. The molecule has 6 nitrogen and oxygen atoms in total. The van der Waals surface area contributed by atoms with E-state index in [1.807, 2.05) is 0 Å². The molecule has 1 saturated heterocycles. The van der Waals surface area contributed by atoms with E-state index in [2.05, 4.69) is 20.9 Å². The van der Waals surface area contributed by atoms with E-state index in [-0.39, 0.29) is 11.4 Å². The minimum absolute atomic E-state index is 0.0180. The van der Waals surface area contributed by atoms with E-state index < -0.39 is 21.9 Å². The second-order valence-corrected chi connectivity index (χ2v) is 7.23. The van der Waals surface area contributed by atoms with Crippen LogP contribution in [0.4, 0.5) is 0 Å². The Bertz CT molecular complexity index is 590. The van der Waals surface area contributed by atoms with Gasteiger partial charge in [0, 0.05) is 30.0 Å². The first-order chi connectivity index (χ1) is 8.91. The molecule has 8 heteroatoms. The summed E-state index contributed by atoms with van der Waals surface area (Å²) in [7, 11) is -3.67. The third-order valence-corrected chi connectivity index (χ3v) is 5.32. The molecule has 0 unspecified atom stereocenters. The van der Waals surface area contributed by atoms with Gasteiger partial charge in [0.25, 0.3) is 0 Å². The fourth-order valence-corrected chi connectivity index (χ4v) is 4.07. The minimum atomic E-state index is -3.67. The number of pyridine rings is 1. The number of carboxylic acid groups (broad SMARTS) is 1. The summed E-state index contributed by atoms with van der Waals surface area (Å²) in [5, 5.41) is 9.00. The number of sulfonamides is 1. The summed E-state index contributed by atoms with van der Waals surface area (Å²) in [6.07, 6.45) is 3.83. The number of carboxylic acids is 1. The topological polar surface area (TPSA) is 87.6 Å². The molecule has 1 aliphatic heterocycles. The zero-order valence-corrected chi connectivity index (χ0v) is 12.4. The summed E-state index contributed by atoms with van der Waals surface area (Å²) < 4.78 is 26.6. The van der Waals surface area contributed by atoms with E-state index in [9.17, 15) is 13.2 Å². The van der Waals surface area contributed by atoms with Crippen LogP contribution in [0.25, 0.3) is 0 Å². The molecule has 0 saturated carbocycles. The lowest BCUT2D eigenvalue weighted by Gasteiger charge is -2.29. The number of hydrogen-bond acceptors (Lipinski definition) is 4. The number of carbonyl (C=O) groups is 1. The van der Waals surface area contributed by atoms with Crippen molar-refractivity contribution >= 4 is 31.9 Å². The molecular formula is C11H13BrN2O4S. The Hall–Kier alpha value is -0.990. The van der Waals surface area contributed by atoms with Gasteiger partial charge in [-0.05, 0) is 34.8 Å². The molecule has 1 aromatic rings. The van der Waals surface area contributed by atoms with E-state index in [0.29, 0.717) is 23.9 Å². The predicted molar refractivity (Wildman–Crippen MR) is 71.1 cm³/mol. The molecule has 0 aliphatic carbocycles. The summed E-state index contributed by atoms with van der Waals surface area (Å²) in [6.45, 7) is 0.364. The summed E-state index contributed by atoms with van der Waals surface area (Å²) in [4.78, 5) is 14.9. The van der Waals surface area contributed by atoms with Crippen LogP contribution in [-0.4, -0.2) is 41.9 Å². The lowest BCUT2D eigenvalue weighted by molar-refractivity contribution is -0.142. The van der Waals surface area contributed by atoms with Crippen LogP contribution in [-0.2, 0) is 14.8 Å². The SMILES string of the molecule is O=C(O)[C@H]1CCCN(S(=O)(=O)c2cncc(Br)c2)C1. The largest absolute Gasteiger partial charge is 0.481 e. The normalized spacial score (nSPS) is 21.2. The van der Waals surface area contributed by atoms with Crippen molar-refractivity contribution in [3.05, 3.63) is 22.9 Å². The molecular weight excluding hydrogens is 336 g/mol. The molecule has 1 aliphatic rings. The molecule has 1 N–H and O–H groups in total. The lowest BCUT2D eigenvalue weighted by Crippen LogP contribution is -2.42. The predicted octanol–water partition coefficient (Wildman–Crippen LogP) is 1.33. The zero-order chi connectivity index (χ0) is 14.0. The van der Waals surface area contributed by atoms with E-state index in [1.165, 1.54) is 22.8 Å². The highest BCUT2D eigenvalue weighted by molar-refractivity contribution is 9.10. The molecule has 2 rings (SSSR count). The molecule has 0 amide bonds. The smallest absolute Gasteiger partial charge is 0.307 e. The van der Waals surface area contributed by atoms with Gasteiger partial charge in [-0.2, -0.15) is 4.31 Å². The molecule has 1 fully saturated rings. The third-order valence-electron chi connectivity index (χ3n) is 3.05. The van der Waals surface area contributed by atoms with Crippen LogP contribution in [0.1, 0.15) is 12.8 Å². The van der Waals surface area contributed by atoms with Crippen LogP contribution in [0, 0.1) is 5.92 Å². The van der Waals surface area contributed by atoms with Crippen LogP contribution < -0.4 is 0 Å². The van der Waals surface area contributed by atoms with Crippen molar-refractivity contribution in [1.29, 1.82) is 0 Å². The van der Waals surface area contributed by atoms with Crippen molar-refractivity contribution in [3.8, 4) is 0 Å². The number of halogens is 1. The standard InChI is InChI=1S/C11H13BrN2O4S/c12-9-4-10(6-13-5-9)19(17,18)14-3-1-2-8(7-14)11(15)16/h4-6,8H,1-3,7H2,(H,15,16)/t8-/m0/s1. The number of rotatable bonds is 3. The number of aliphatic carboxylic acids is 1. The minimum Gasteiger partial charge on any atom is -0.481 e. The van der Waals surface area contributed by atoms with Gasteiger partial charge in [0.05, 0.1) is 5.92 Å². The van der Waals surface area contributed by atoms with E-state index >= 15 is 0 Å². The molecule has 104 valence electrons. The van der Waals surface area contributed by atoms with Gasteiger partial charge < -0.3 is 5.11 Å². The maximum absolute atomic E-state index is 12.4. The van der Waals surface area contributed by atoms with Gasteiger partial charge in [-0.3, -0.25) is 9.78 Å². The molecule has 0 radical (unpaired) electrons. The first kappa shape index (κ1) is 14.4. The van der Waals surface area contributed by atoms with Gasteiger partial charge in [-0.1, -0.05) is 0 Å². The highest BCUT2D eigenvalue weighted by atomic mass is 79.9. The van der Waals surface area contributed by atoms with Crippen LogP contribution in [0.2, 0.25) is 0 Å².